The van der Waals surface area contributed by atoms with Gasteiger partial charge in [-0.3, -0.25) is 4.79 Å². The first-order valence-electron chi connectivity index (χ1n) is 12.0. The first kappa shape index (κ1) is 26.9. The van der Waals surface area contributed by atoms with E-state index in [4.69, 9.17) is 13.9 Å². The molecule has 38 heavy (non-hydrogen) atoms. The van der Waals surface area contributed by atoms with Crippen LogP contribution in [0.5, 0.6) is 11.5 Å². The number of nitrogens with one attached hydrogen (secondary N) is 1. The van der Waals surface area contributed by atoms with Crippen molar-refractivity contribution in [1.82, 2.24) is 9.80 Å². The number of hydrogen-bond donors (Lipinski definition) is 1. The Kier molecular flexibility index (Phi) is 8.13. The molecule has 1 aliphatic heterocycles. The molecular formula is C27H28F3N3O5. The molecule has 3 aromatic rings. The summed E-state index contributed by atoms with van der Waals surface area (Å²) in [4.78, 5) is 29.4. The zero-order chi connectivity index (χ0) is 27.3. The Morgan fingerprint density at radius 2 is 1.74 bits per heavy atom. The smallest absolute Gasteiger partial charge is 0.418 e. The molecule has 4 rings (SSSR count). The topological polar surface area (TPSA) is 84.2 Å². The molecule has 0 unspecified atom stereocenters. The third-order valence-electron chi connectivity index (χ3n) is 5.76. The molecule has 0 saturated heterocycles. The van der Waals surface area contributed by atoms with E-state index < -0.39 is 23.7 Å². The molecule has 0 fully saturated rings. The van der Waals surface area contributed by atoms with Crippen LogP contribution in [0.15, 0.2) is 65.3 Å². The van der Waals surface area contributed by atoms with Gasteiger partial charge in [-0.15, -0.1) is 0 Å². The molecule has 0 spiro atoms. The van der Waals surface area contributed by atoms with Gasteiger partial charge in [0.05, 0.1) is 24.1 Å². The second-order valence-electron chi connectivity index (χ2n) is 9.26. The van der Waals surface area contributed by atoms with Crippen LogP contribution in [0.2, 0.25) is 0 Å². The van der Waals surface area contributed by atoms with E-state index in [1.807, 2.05) is 19.9 Å². The van der Waals surface area contributed by atoms with Gasteiger partial charge in [-0.25, -0.2) is 4.79 Å². The molecule has 2 aromatic carbocycles. The zero-order valence-electron chi connectivity index (χ0n) is 21.0. The first-order chi connectivity index (χ1) is 18.1. The Hall–Kier alpha value is -4.15. The van der Waals surface area contributed by atoms with Crippen LogP contribution < -0.4 is 14.8 Å². The van der Waals surface area contributed by atoms with Crippen molar-refractivity contribution in [3.05, 3.63) is 77.7 Å². The van der Waals surface area contributed by atoms with Gasteiger partial charge in [0, 0.05) is 13.1 Å². The minimum absolute atomic E-state index is 0.0428. The van der Waals surface area contributed by atoms with E-state index in [0.717, 1.165) is 11.6 Å². The standard InChI is InChI=1S/C27H28F3N3O5/c1-18(2)13-33(26(35)31-22-8-4-3-7-21(22)27(28,29)30)16-25(34)32(15-20-6-5-11-36-20)14-19-9-10-23-24(12-19)38-17-37-23/h3-12,18H,13-17H2,1-2H3,(H,31,35). The molecule has 2 heterocycles. The van der Waals surface area contributed by atoms with E-state index in [0.29, 0.717) is 17.3 Å². The highest BCUT2D eigenvalue weighted by Crippen LogP contribution is 2.35. The van der Waals surface area contributed by atoms with E-state index in [-0.39, 0.29) is 44.6 Å². The fraction of sp³-hybridized carbons (Fsp3) is 0.333. The highest BCUT2D eigenvalue weighted by atomic mass is 19.4. The summed E-state index contributed by atoms with van der Waals surface area (Å²) in [6.07, 6.45) is -3.15. The number of furan rings is 1. The van der Waals surface area contributed by atoms with E-state index >= 15 is 0 Å². The molecule has 1 aromatic heterocycles. The number of carbonyl (C=O) groups is 2. The minimum Gasteiger partial charge on any atom is -0.467 e. The van der Waals surface area contributed by atoms with E-state index in [1.54, 1.807) is 24.3 Å². The van der Waals surface area contributed by atoms with Crippen LogP contribution in [0, 0.1) is 5.92 Å². The van der Waals surface area contributed by atoms with Gasteiger partial charge in [0.15, 0.2) is 11.5 Å². The first-order valence-corrected chi connectivity index (χ1v) is 12.0. The number of halogens is 3. The van der Waals surface area contributed by atoms with Crippen molar-refractivity contribution >= 4 is 17.6 Å². The predicted molar refractivity (Wildman–Crippen MR) is 132 cm³/mol. The molecule has 202 valence electrons. The van der Waals surface area contributed by atoms with Crippen molar-refractivity contribution in [1.29, 1.82) is 0 Å². The number of rotatable bonds is 9. The van der Waals surface area contributed by atoms with Gasteiger partial charge >= 0.3 is 12.2 Å². The van der Waals surface area contributed by atoms with Gasteiger partial charge in [0.1, 0.15) is 12.3 Å². The Bertz CT molecular complexity index is 1260. The molecule has 0 saturated carbocycles. The number of carbonyl (C=O) groups excluding carboxylic acids is 2. The number of hydrogen-bond acceptors (Lipinski definition) is 5. The lowest BCUT2D eigenvalue weighted by Crippen LogP contribution is -2.45. The number of anilines is 1. The fourth-order valence-electron chi connectivity index (χ4n) is 4.04. The Morgan fingerprint density at radius 1 is 0.974 bits per heavy atom. The quantitative estimate of drug-likeness (QED) is 0.380. The Balaban J connectivity index is 1.53. The highest BCUT2D eigenvalue weighted by molar-refractivity contribution is 5.93. The van der Waals surface area contributed by atoms with Crippen molar-refractivity contribution in [3.63, 3.8) is 0 Å². The third kappa shape index (κ3) is 6.78. The van der Waals surface area contributed by atoms with Gasteiger partial charge in [-0.1, -0.05) is 32.0 Å². The summed E-state index contributed by atoms with van der Waals surface area (Å²) in [5, 5.41) is 2.34. The second kappa shape index (κ2) is 11.5. The number of urea groups is 1. The van der Waals surface area contributed by atoms with Crippen LogP contribution in [0.3, 0.4) is 0 Å². The van der Waals surface area contributed by atoms with Gasteiger partial charge in [0.25, 0.3) is 0 Å². The van der Waals surface area contributed by atoms with E-state index in [2.05, 4.69) is 5.32 Å². The molecule has 1 N–H and O–H groups in total. The third-order valence-corrected chi connectivity index (χ3v) is 5.76. The molecule has 0 aliphatic carbocycles. The molecule has 8 nitrogen and oxygen atoms in total. The summed E-state index contributed by atoms with van der Waals surface area (Å²) in [7, 11) is 0. The summed E-state index contributed by atoms with van der Waals surface area (Å²) in [6, 6.07) is 12.7. The zero-order valence-corrected chi connectivity index (χ0v) is 21.0. The number of alkyl halides is 3. The lowest BCUT2D eigenvalue weighted by molar-refractivity contribution is -0.137. The lowest BCUT2D eigenvalue weighted by Gasteiger charge is -2.29. The summed E-state index contributed by atoms with van der Waals surface area (Å²) in [5.74, 6) is 1.27. The van der Waals surface area contributed by atoms with Crippen LogP contribution in [0.25, 0.3) is 0 Å². The fourth-order valence-corrected chi connectivity index (χ4v) is 4.04. The number of benzene rings is 2. The lowest BCUT2D eigenvalue weighted by atomic mass is 10.1. The summed E-state index contributed by atoms with van der Waals surface area (Å²) in [6.45, 7) is 3.94. The largest absolute Gasteiger partial charge is 0.467 e. The Labute approximate surface area is 217 Å². The second-order valence-corrected chi connectivity index (χ2v) is 9.26. The van der Waals surface area contributed by atoms with Crippen LogP contribution in [-0.4, -0.2) is 41.6 Å². The molecule has 11 heteroatoms. The number of amides is 3. The number of fused-ring (bicyclic) bond motifs is 1. The summed E-state index contributed by atoms with van der Waals surface area (Å²) < 4.78 is 56.5. The van der Waals surface area contributed by atoms with E-state index in [1.165, 1.54) is 34.3 Å². The van der Waals surface area contributed by atoms with Crippen LogP contribution in [-0.2, 0) is 24.1 Å². The number of nitrogens with zero attached hydrogens (tertiary/aromatic N) is 2. The van der Waals surface area contributed by atoms with Crippen LogP contribution in [0.4, 0.5) is 23.7 Å². The van der Waals surface area contributed by atoms with Gasteiger partial charge < -0.3 is 29.0 Å². The normalized spacial score (nSPS) is 12.5. The van der Waals surface area contributed by atoms with Gasteiger partial charge in [-0.2, -0.15) is 13.2 Å². The predicted octanol–water partition coefficient (Wildman–Crippen LogP) is 5.75. The molecule has 1 aliphatic rings. The summed E-state index contributed by atoms with van der Waals surface area (Å²) >= 11 is 0. The van der Waals surface area contributed by atoms with E-state index in [9.17, 15) is 22.8 Å². The molecule has 3 amide bonds. The maximum absolute atomic E-state index is 13.5. The molecule has 0 atom stereocenters. The average molecular weight is 532 g/mol. The highest BCUT2D eigenvalue weighted by Gasteiger charge is 2.34. The van der Waals surface area contributed by atoms with Gasteiger partial charge in [-0.05, 0) is 47.9 Å². The van der Waals surface area contributed by atoms with Crippen LogP contribution >= 0.6 is 0 Å². The SMILES string of the molecule is CC(C)CN(CC(=O)N(Cc1ccc2c(c1)OCO2)Cc1ccco1)C(=O)Nc1ccccc1C(F)(F)F. The number of ether oxygens (including phenoxy) is 2. The van der Waals surface area contributed by atoms with Crippen molar-refractivity contribution < 1.29 is 36.7 Å². The van der Waals surface area contributed by atoms with Crippen LogP contribution in [0.1, 0.15) is 30.7 Å². The van der Waals surface area contributed by atoms with Gasteiger partial charge in [0.2, 0.25) is 12.7 Å². The van der Waals surface area contributed by atoms with Crippen molar-refractivity contribution in [2.75, 3.05) is 25.2 Å². The average Bonchev–Trinajstić information content (AvgIpc) is 3.54. The Morgan fingerprint density at radius 3 is 2.45 bits per heavy atom. The maximum atomic E-state index is 13.5. The minimum atomic E-state index is -4.65. The monoisotopic (exact) mass is 531 g/mol. The molecule has 0 radical (unpaired) electrons. The maximum Gasteiger partial charge on any atom is 0.418 e. The summed E-state index contributed by atoms with van der Waals surface area (Å²) in [5.41, 5.74) is -0.571. The molecule has 0 bridgehead atoms. The van der Waals surface area contributed by atoms with Crippen molar-refractivity contribution in [2.45, 2.75) is 33.1 Å². The molecular weight excluding hydrogens is 503 g/mol. The van der Waals surface area contributed by atoms with Crippen molar-refractivity contribution in [3.8, 4) is 11.5 Å². The number of para-hydroxylation sites is 1. The van der Waals surface area contributed by atoms with Crippen molar-refractivity contribution in [2.24, 2.45) is 5.92 Å².